The second-order valence-corrected chi connectivity index (χ2v) is 4.71. The van der Waals surface area contributed by atoms with Gasteiger partial charge in [-0.05, 0) is 12.1 Å². The van der Waals surface area contributed by atoms with Crippen LogP contribution in [-0.2, 0) is 6.54 Å². The van der Waals surface area contributed by atoms with Gasteiger partial charge in [0.15, 0.2) is 0 Å². The summed E-state index contributed by atoms with van der Waals surface area (Å²) in [5.41, 5.74) is 1.00. The molecule has 1 heterocycles. The highest BCUT2D eigenvalue weighted by Gasteiger charge is 2.11. The minimum absolute atomic E-state index is 0.378. The summed E-state index contributed by atoms with van der Waals surface area (Å²) in [6, 6.07) is 5.69. The highest BCUT2D eigenvalue weighted by atomic mass is 79.9. The predicted molar refractivity (Wildman–Crippen MR) is 64.0 cm³/mol. The van der Waals surface area contributed by atoms with Crippen molar-refractivity contribution in [2.75, 3.05) is 26.2 Å². The van der Waals surface area contributed by atoms with Gasteiger partial charge in [-0.1, -0.05) is 22.0 Å². The maximum absolute atomic E-state index is 9.75. The third kappa shape index (κ3) is 2.93. The Kier molecular flexibility index (Phi) is 3.61. The van der Waals surface area contributed by atoms with E-state index in [1.807, 2.05) is 12.1 Å². The van der Waals surface area contributed by atoms with Gasteiger partial charge < -0.3 is 10.4 Å². The molecule has 1 aromatic carbocycles. The third-order valence-electron chi connectivity index (χ3n) is 2.65. The Bertz CT molecular complexity index is 337. The van der Waals surface area contributed by atoms with E-state index >= 15 is 0 Å². The first-order chi connectivity index (χ1) is 7.25. The zero-order valence-corrected chi connectivity index (χ0v) is 10.1. The van der Waals surface area contributed by atoms with Gasteiger partial charge >= 0.3 is 0 Å². The Labute approximate surface area is 98.2 Å². The summed E-state index contributed by atoms with van der Waals surface area (Å²) in [5, 5.41) is 13.1. The van der Waals surface area contributed by atoms with E-state index in [4.69, 9.17) is 0 Å². The first-order valence-electron chi connectivity index (χ1n) is 5.16. The lowest BCUT2D eigenvalue weighted by Crippen LogP contribution is -2.42. The van der Waals surface area contributed by atoms with Crippen molar-refractivity contribution in [2.45, 2.75) is 6.54 Å². The highest BCUT2D eigenvalue weighted by Crippen LogP contribution is 2.23. The van der Waals surface area contributed by atoms with Crippen LogP contribution >= 0.6 is 15.9 Å². The Morgan fingerprint density at radius 3 is 2.73 bits per heavy atom. The summed E-state index contributed by atoms with van der Waals surface area (Å²) in [6.45, 7) is 5.01. The van der Waals surface area contributed by atoms with Gasteiger partial charge in [0.05, 0.1) is 0 Å². The summed E-state index contributed by atoms with van der Waals surface area (Å²) >= 11 is 3.34. The van der Waals surface area contributed by atoms with E-state index in [9.17, 15) is 5.11 Å². The van der Waals surface area contributed by atoms with Gasteiger partial charge in [-0.3, -0.25) is 4.90 Å². The van der Waals surface area contributed by atoms with Crippen LogP contribution in [0.2, 0.25) is 0 Å². The molecule has 1 aromatic rings. The molecule has 4 heteroatoms. The smallest absolute Gasteiger partial charge is 0.121 e. The number of benzene rings is 1. The van der Waals surface area contributed by atoms with Crippen molar-refractivity contribution in [3.05, 3.63) is 28.2 Å². The first-order valence-corrected chi connectivity index (χ1v) is 5.95. The molecule has 1 saturated heterocycles. The minimum Gasteiger partial charge on any atom is -0.508 e. The lowest BCUT2D eigenvalue weighted by Gasteiger charge is -2.27. The van der Waals surface area contributed by atoms with Gasteiger partial charge in [0.2, 0.25) is 0 Å². The summed E-state index contributed by atoms with van der Waals surface area (Å²) in [4.78, 5) is 2.35. The number of piperazine rings is 1. The van der Waals surface area contributed by atoms with Gasteiger partial charge in [0.25, 0.3) is 0 Å². The molecule has 0 aromatic heterocycles. The molecule has 0 amide bonds. The topological polar surface area (TPSA) is 35.5 Å². The van der Waals surface area contributed by atoms with E-state index < -0.39 is 0 Å². The summed E-state index contributed by atoms with van der Waals surface area (Å²) in [5.74, 6) is 0.378. The fourth-order valence-corrected chi connectivity index (χ4v) is 2.13. The van der Waals surface area contributed by atoms with Crippen molar-refractivity contribution in [1.29, 1.82) is 0 Å². The number of halogens is 1. The Balaban J connectivity index is 2.03. The fraction of sp³-hybridized carbons (Fsp3) is 0.455. The van der Waals surface area contributed by atoms with E-state index in [1.165, 1.54) is 0 Å². The van der Waals surface area contributed by atoms with Crippen molar-refractivity contribution >= 4 is 15.9 Å². The molecule has 2 rings (SSSR count). The normalized spacial score (nSPS) is 17.9. The number of rotatable bonds is 2. The molecule has 0 spiro atoms. The van der Waals surface area contributed by atoms with E-state index in [0.717, 1.165) is 42.8 Å². The molecular weight excluding hydrogens is 256 g/mol. The number of hydrogen-bond donors (Lipinski definition) is 2. The second-order valence-electron chi connectivity index (χ2n) is 3.80. The van der Waals surface area contributed by atoms with Crippen LogP contribution in [-0.4, -0.2) is 36.2 Å². The van der Waals surface area contributed by atoms with Crippen molar-refractivity contribution in [2.24, 2.45) is 0 Å². The van der Waals surface area contributed by atoms with Gasteiger partial charge in [-0.15, -0.1) is 0 Å². The van der Waals surface area contributed by atoms with Crippen molar-refractivity contribution in [3.8, 4) is 5.75 Å². The molecule has 0 bridgehead atoms. The Hall–Kier alpha value is -0.580. The van der Waals surface area contributed by atoms with Crippen molar-refractivity contribution < 1.29 is 5.11 Å². The molecule has 1 aliphatic rings. The third-order valence-corrected chi connectivity index (χ3v) is 3.14. The van der Waals surface area contributed by atoms with Gasteiger partial charge in [0.1, 0.15) is 5.75 Å². The zero-order valence-electron chi connectivity index (χ0n) is 8.54. The molecule has 0 aliphatic carbocycles. The Morgan fingerprint density at radius 1 is 1.33 bits per heavy atom. The zero-order chi connectivity index (χ0) is 10.7. The molecule has 0 radical (unpaired) electrons. The van der Waals surface area contributed by atoms with E-state index in [-0.39, 0.29) is 0 Å². The van der Waals surface area contributed by atoms with Crippen LogP contribution in [0, 0.1) is 0 Å². The fourth-order valence-electron chi connectivity index (χ4n) is 1.78. The van der Waals surface area contributed by atoms with Crippen LogP contribution < -0.4 is 5.32 Å². The highest BCUT2D eigenvalue weighted by molar-refractivity contribution is 9.10. The first kappa shape index (κ1) is 10.9. The number of nitrogens with one attached hydrogen (secondary N) is 1. The van der Waals surface area contributed by atoms with Crippen molar-refractivity contribution in [1.82, 2.24) is 10.2 Å². The lowest BCUT2D eigenvalue weighted by atomic mass is 10.2. The monoisotopic (exact) mass is 270 g/mol. The molecule has 82 valence electrons. The number of nitrogens with zero attached hydrogens (tertiary/aromatic N) is 1. The molecule has 0 atom stereocenters. The minimum atomic E-state index is 0.378. The van der Waals surface area contributed by atoms with Crippen LogP contribution in [0.5, 0.6) is 5.75 Å². The molecule has 1 aliphatic heterocycles. The summed E-state index contributed by atoms with van der Waals surface area (Å²) in [7, 11) is 0. The lowest BCUT2D eigenvalue weighted by molar-refractivity contribution is 0.230. The summed E-state index contributed by atoms with van der Waals surface area (Å²) < 4.78 is 0.920. The van der Waals surface area contributed by atoms with Gasteiger partial charge in [-0.2, -0.15) is 0 Å². The van der Waals surface area contributed by atoms with Crippen LogP contribution in [0.15, 0.2) is 22.7 Å². The predicted octanol–water partition coefficient (Wildman–Crippen LogP) is 1.56. The quantitative estimate of drug-likeness (QED) is 0.857. The van der Waals surface area contributed by atoms with Crippen LogP contribution in [0.25, 0.3) is 0 Å². The van der Waals surface area contributed by atoms with E-state index in [0.29, 0.717) is 5.75 Å². The van der Waals surface area contributed by atoms with E-state index in [2.05, 4.69) is 26.1 Å². The number of aromatic hydroxyl groups is 1. The van der Waals surface area contributed by atoms with Crippen LogP contribution in [0.4, 0.5) is 0 Å². The Morgan fingerprint density at radius 2 is 2.07 bits per heavy atom. The molecule has 15 heavy (non-hydrogen) atoms. The molecule has 1 fully saturated rings. The number of phenolic OH excluding ortho intramolecular Hbond substituents is 1. The second kappa shape index (κ2) is 4.96. The van der Waals surface area contributed by atoms with Crippen molar-refractivity contribution in [3.63, 3.8) is 0 Å². The molecule has 0 unspecified atom stereocenters. The van der Waals surface area contributed by atoms with Gasteiger partial charge in [-0.25, -0.2) is 0 Å². The maximum Gasteiger partial charge on any atom is 0.121 e. The molecule has 0 saturated carbocycles. The molecule has 3 nitrogen and oxygen atoms in total. The van der Waals surface area contributed by atoms with Gasteiger partial charge in [0, 0.05) is 42.8 Å². The number of hydrogen-bond acceptors (Lipinski definition) is 3. The maximum atomic E-state index is 9.75. The van der Waals surface area contributed by atoms with Crippen LogP contribution in [0.1, 0.15) is 5.56 Å². The summed E-state index contributed by atoms with van der Waals surface area (Å²) in [6.07, 6.45) is 0. The SMILES string of the molecule is Oc1cc(Br)ccc1CN1CCNCC1. The van der Waals surface area contributed by atoms with Crippen LogP contribution in [0.3, 0.4) is 0 Å². The largest absolute Gasteiger partial charge is 0.508 e. The molecular formula is C11H15BrN2O. The standard InChI is InChI=1S/C11H15BrN2O/c12-10-2-1-9(11(15)7-10)8-14-5-3-13-4-6-14/h1-2,7,13,15H,3-6,8H2. The number of phenols is 1. The average Bonchev–Trinajstić information content (AvgIpc) is 2.24. The molecule has 2 N–H and O–H groups in total. The average molecular weight is 271 g/mol. The van der Waals surface area contributed by atoms with E-state index in [1.54, 1.807) is 6.07 Å².